The molecule has 0 fully saturated rings. The molecule has 416 valence electrons. The second kappa shape index (κ2) is 60.6. The first kappa shape index (κ1) is 69.1. The molecule has 0 saturated heterocycles. The number of carbonyl (C=O) groups is 3. The molecule has 0 saturated carbocycles. The summed E-state index contributed by atoms with van der Waals surface area (Å²) in [6.45, 7) is 6.37. The lowest BCUT2D eigenvalue weighted by Gasteiger charge is -2.18. The topological polar surface area (TPSA) is 78.9 Å². The average molecular weight is 1010 g/mol. The SMILES string of the molecule is CC/C=C\C/C=C\C/C=C\C/C=C\C/C=C\CCCCCCCCCCCCCCCC(=O)OCC(COC(=O)CCCCCCC/C=C\CCCCCC)OC(=O)CCCCC/C=C\C/C=C\C/C=C\CC. The Kier molecular flexibility index (Phi) is 57.4. The molecular formula is C67H112O6. The fourth-order valence-corrected chi connectivity index (χ4v) is 8.24. The van der Waals surface area contributed by atoms with Crippen LogP contribution in [0.15, 0.2) is 109 Å². The standard InChI is InChI=1S/C67H112O6/c1-4-7-10-13-16-19-22-25-26-27-28-29-30-31-32-33-34-35-36-37-38-39-40-43-45-48-51-54-57-60-66(69)72-63-64(73-67(70)61-58-55-52-49-46-42-24-21-18-15-12-9-6-3)62-71-65(68)59-56-53-50-47-44-41-23-20-17-14-11-8-5-2/h7,9-10,12,16,18-21,23,25-26,28-29,31-32,42,46,64H,4-6,8,11,13-15,17,22,24,27,30,33-41,43-45,47-63H2,1-3H3/b10-7-,12-9-,19-16-,21-18-,23-20-,26-25-,29-28-,32-31-,46-42-. The Morgan fingerprint density at radius 3 is 0.863 bits per heavy atom. The Balaban J connectivity index is 4.24. The first-order valence-corrected chi connectivity index (χ1v) is 30.4. The summed E-state index contributed by atoms with van der Waals surface area (Å²) >= 11 is 0. The molecule has 0 N–H and O–H groups in total. The lowest BCUT2D eigenvalue weighted by atomic mass is 10.0. The van der Waals surface area contributed by atoms with Gasteiger partial charge in [-0.3, -0.25) is 14.4 Å². The van der Waals surface area contributed by atoms with Gasteiger partial charge in [0.1, 0.15) is 13.2 Å². The van der Waals surface area contributed by atoms with Crippen molar-refractivity contribution in [1.29, 1.82) is 0 Å². The number of esters is 3. The molecule has 0 aromatic heterocycles. The van der Waals surface area contributed by atoms with Crippen molar-refractivity contribution in [2.75, 3.05) is 13.2 Å². The number of rotatable bonds is 54. The molecular weight excluding hydrogens is 901 g/mol. The van der Waals surface area contributed by atoms with Crippen LogP contribution < -0.4 is 0 Å². The van der Waals surface area contributed by atoms with Crippen LogP contribution in [0.2, 0.25) is 0 Å². The fraction of sp³-hybridized carbons (Fsp3) is 0.687. The maximum atomic E-state index is 12.8. The van der Waals surface area contributed by atoms with Crippen molar-refractivity contribution in [2.24, 2.45) is 0 Å². The van der Waals surface area contributed by atoms with Crippen LogP contribution in [0.25, 0.3) is 0 Å². The Morgan fingerprint density at radius 1 is 0.288 bits per heavy atom. The maximum Gasteiger partial charge on any atom is 0.306 e. The van der Waals surface area contributed by atoms with Crippen LogP contribution in [0, 0.1) is 0 Å². The van der Waals surface area contributed by atoms with E-state index in [2.05, 4.69) is 130 Å². The minimum absolute atomic E-state index is 0.0930. The lowest BCUT2D eigenvalue weighted by Crippen LogP contribution is -2.30. The summed E-state index contributed by atoms with van der Waals surface area (Å²) in [5, 5.41) is 0. The van der Waals surface area contributed by atoms with E-state index in [-0.39, 0.29) is 31.1 Å². The second-order valence-electron chi connectivity index (χ2n) is 19.8. The van der Waals surface area contributed by atoms with Crippen molar-refractivity contribution in [3.8, 4) is 0 Å². The summed E-state index contributed by atoms with van der Waals surface area (Å²) in [4.78, 5) is 38.1. The number of hydrogen-bond acceptors (Lipinski definition) is 6. The minimum atomic E-state index is -0.797. The Labute approximate surface area is 450 Å². The van der Waals surface area contributed by atoms with Crippen LogP contribution in [0.5, 0.6) is 0 Å². The number of allylic oxidation sites excluding steroid dienone is 18. The predicted molar refractivity (Wildman–Crippen MR) is 316 cm³/mol. The van der Waals surface area contributed by atoms with Crippen molar-refractivity contribution in [3.05, 3.63) is 109 Å². The van der Waals surface area contributed by atoms with Gasteiger partial charge in [0.25, 0.3) is 0 Å². The molecule has 0 heterocycles. The first-order chi connectivity index (χ1) is 36.0. The molecule has 1 atom stereocenters. The quantitative estimate of drug-likeness (QED) is 0.0261. The highest BCUT2D eigenvalue weighted by molar-refractivity contribution is 5.71. The molecule has 0 spiro atoms. The van der Waals surface area contributed by atoms with E-state index in [0.717, 1.165) is 122 Å². The summed E-state index contributed by atoms with van der Waals surface area (Å²) in [5.74, 6) is -0.930. The van der Waals surface area contributed by atoms with Crippen LogP contribution in [0.1, 0.15) is 278 Å². The number of ether oxygens (including phenoxy) is 3. The van der Waals surface area contributed by atoms with E-state index in [1.807, 2.05) is 0 Å². The third-order valence-electron chi connectivity index (χ3n) is 12.7. The fourth-order valence-electron chi connectivity index (χ4n) is 8.24. The highest BCUT2D eigenvalue weighted by Crippen LogP contribution is 2.15. The van der Waals surface area contributed by atoms with Gasteiger partial charge in [0.15, 0.2) is 6.10 Å². The normalized spacial score (nSPS) is 12.9. The molecule has 0 rings (SSSR count). The summed E-state index contributed by atoms with van der Waals surface area (Å²) in [5.41, 5.74) is 0. The number of hydrogen-bond donors (Lipinski definition) is 0. The molecule has 73 heavy (non-hydrogen) atoms. The van der Waals surface area contributed by atoms with Crippen LogP contribution in [0.3, 0.4) is 0 Å². The zero-order chi connectivity index (χ0) is 52.9. The summed E-state index contributed by atoms with van der Waals surface area (Å²) < 4.78 is 16.8. The molecule has 6 nitrogen and oxygen atoms in total. The van der Waals surface area contributed by atoms with Crippen LogP contribution in [-0.2, 0) is 28.6 Å². The van der Waals surface area contributed by atoms with Crippen molar-refractivity contribution < 1.29 is 28.6 Å². The molecule has 0 aromatic rings. The van der Waals surface area contributed by atoms with Crippen molar-refractivity contribution >= 4 is 17.9 Å². The highest BCUT2D eigenvalue weighted by Gasteiger charge is 2.19. The molecule has 0 amide bonds. The average Bonchev–Trinajstić information content (AvgIpc) is 3.39. The van der Waals surface area contributed by atoms with E-state index in [4.69, 9.17) is 14.2 Å². The van der Waals surface area contributed by atoms with Crippen molar-refractivity contribution in [3.63, 3.8) is 0 Å². The van der Waals surface area contributed by atoms with E-state index >= 15 is 0 Å². The molecule has 0 aromatic carbocycles. The Hall–Kier alpha value is -3.93. The minimum Gasteiger partial charge on any atom is -0.462 e. The van der Waals surface area contributed by atoms with Gasteiger partial charge in [0, 0.05) is 19.3 Å². The molecule has 0 aliphatic heterocycles. The van der Waals surface area contributed by atoms with Gasteiger partial charge in [-0.25, -0.2) is 0 Å². The molecule has 1 unspecified atom stereocenters. The molecule has 0 aliphatic rings. The van der Waals surface area contributed by atoms with Gasteiger partial charge >= 0.3 is 17.9 Å². The third kappa shape index (κ3) is 58.8. The van der Waals surface area contributed by atoms with Crippen molar-refractivity contribution in [2.45, 2.75) is 284 Å². The van der Waals surface area contributed by atoms with E-state index in [0.29, 0.717) is 19.3 Å². The van der Waals surface area contributed by atoms with Crippen molar-refractivity contribution in [1.82, 2.24) is 0 Å². The van der Waals surface area contributed by atoms with Gasteiger partial charge in [-0.1, -0.05) is 246 Å². The largest absolute Gasteiger partial charge is 0.462 e. The first-order valence-electron chi connectivity index (χ1n) is 30.4. The highest BCUT2D eigenvalue weighted by atomic mass is 16.6. The number of unbranched alkanes of at least 4 members (excludes halogenated alkanes) is 25. The van der Waals surface area contributed by atoms with Crippen LogP contribution >= 0.6 is 0 Å². The lowest BCUT2D eigenvalue weighted by molar-refractivity contribution is -0.167. The smallest absolute Gasteiger partial charge is 0.306 e. The van der Waals surface area contributed by atoms with Gasteiger partial charge in [-0.05, 0) is 122 Å². The van der Waals surface area contributed by atoms with E-state index in [1.54, 1.807) is 0 Å². The third-order valence-corrected chi connectivity index (χ3v) is 12.7. The zero-order valence-electron chi connectivity index (χ0n) is 47.6. The van der Waals surface area contributed by atoms with Gasteiger partial charge in [-0.15, -0.1) is 0 Å². The summed E-state index contributed by atoms with van der Waals surface area (Å²) in [7, 11) is 0. The molecule has 0 aliphatic carbocycles. The second-order valence-corrected chi connectivity index (χ2v) is 19.8. The van der Waals surface area contributed by atoms with Crippen LogP contribution in [0.4, 0.5) is 0 Å². The Morgan fingerprint density at radius 2 is 0.534 bits per heavy atom. The summed E-state index contributed by atoms with van der Waals surface area (Å²) in [6.07, 6.45) is 82.4. The van der Waals surface area contributed by atoms with E-state index in [9.17, 15) is 14.4 Å². The molecule has 6 heteroatoms. The number of carbonyl (C=O) groups excluding carboxylic acids is 3. The monoisotopic (exact) mass is 1010 g/mol. The predicted octanol–water partition coefficient (Wildman–Crippen LogP) is 20.7. The molecule has 0 radical (unpaired) electrons. The van der Waals surface area contributed by atoms with Crippen LogP contribution in [-0.4, -0.2) is 37.2 Å². The van der Waals surface area contributed by atoms with Gasteiger partial charge in [0.2, 0.25) is 0 Å². The summed E-state index contributed by atoms with van der Waals surface area (Å²) in [6, 6.07) is 0. The molecule has 0 bridgehead atoms. The van der Waals surface area contributed by atoms with E-state index < -0.39 is 6.10 Å². The van der Waals surface area contributed by atoms with Gasteiger partial charge in [0.05, 0.1) is 0 Å². The maximum absolute atomic E-state index is 12.8. The van der Waals surface area contributed by atoms with E-state index in [1.165, 1.54) is 116 Å². The van der Waals surface area contributed by atoms with Gasteiger partial charge in [-0.2, -0.15) is 0 Å². The van der Waals surface area contributed by atoms with Gasteiger partial charge < -0.3 is 14.2 Å². The Bertz CT molecular complexity index is 1490. The zero-order valence-corrected chi connectivity index (χ0v) is 47.6.